The van der Waals surface area contributed by atoms with Crippen molar-refractivity contribution in [3.05, 3.63) is 63.5 Å². The van der Waals surface area contributed by atoms with Crippen LogP contribution in [-0.2, 0) is 6.42 Å². The maximum Gasteiger partial charge on any atom is 0.235 e. The van der Waals surface area contributed by atoms with E-state index in [2.05, 4.69) is 6.92 Å². The van der Waals surface area contributed by atoms with Crippen LogP contribution in [0.4, 0.5) is 0 Å². The van der Waals surface area contributed by atoms with E-state index in [9.17, 15) is 9.90 Å². The molecule has 1 heterocycles. The van der Waals surface area contributed by atoms with Crippen LogP contribution >= 0.6 is 0 Å². The number of ether oxygens (including phenoxy) is 1. The SMILES string of the molecule is CCCc1ccc(Oc2c(C)oc3c(C)c(O)ccc3c2=O)cc1. The Labute approximate surface area is 140 Å². The number of rotatable bonds is 4. The van der Waals surface area contributed by atoms with E-state index in [1.807, 2.05) is 24.3 Å². The molecule has 2 aromatic carbocycles. The third-order valence-corrected chi connectivity index (χ3v) is 4.09. The van der Waals surface area contributed by atoms with Crippen LogP contribution in [0.5, 0.6) is 17.2 Å². The van der Waals surface area contributed by atoms with Gasteiger partial charge >= 0.3 is 0 Å². The summed E-state index contributed by atoms with van der Waals surface area (Å²) in [6.07, 6.45) is 2.10. The first-order valence-electron chi connectivity index (χ1n) is 8.04. The van der Waals surface area contributed by atoms with Gasteiger partial charge in [0.15, 0.2) is 0 Å². The van der Waals surface area contributed by atoms with Gasteiger partial charge in [0.1, 0.15) is 22.8 Å². The van der Waals surface area contributed by atoms with Crippen LogP contribution in [0.1, 0.15) is 30.2 Å². The molecule has 0 unspecified atom stereocenters. The second-order valence-electron chi connectivity index (χ2n) is 5.90. The van der Waals surface area contributed by atoms with Crippen LogP contribution < -0.4 is 10.2 Å². The Morgan fingerprint density at radius 2 is 1.79 bits per heavy atom. The van der Waals surface area contributed by atoms with E-state index in [0.29, 0.717) is 28.0 Å². The fourth-order valence-corrected chi connectivity index (χ4v) is 2.72. The molecule has 4 nitrogen and oxygen atoms in total. The summed E-state index contributed by atoms with van der Waals surface area (Å²) in [5.74, 6) is 1.26. The zero-order chi connectivity index (χ0) is 17.3. The van der Waals surface area contributed by atoms with E-state index in [0.717, 1.165) is 12.8 Å². The Morgan fingerprint density at radius 3 is 2.46 bits per heavy atom. The molecule has 1 N–H and O–H groups in total. The average Bonchev–Trinajstić information content (AvgIpc) is 2.57. The lowest BCUT2D eigenvalue weighted by Crippen LogP contribution is -2.08. The van der Waals surface area contributed by atoms with Crippen LogP contribution in [-0.4, -0.2) is 5.11 Å². The van der Waals surface area contributed by atoms with Crippen molar-refractivity contribution in [1.82, 2.24) is 0 Å². The van der Waals surface area contributed by atoms with Crippen molar-refractivity contribution in [2.24, 2.45) is 0 Å². The molecule has 0 amide bonds. The standard InChI is InChI=1S/C20H20O4/c1-4-5-14-6-8-15(9-7-14)24-20-13(3)23-19-12(2)17(21)11-10-16(19)18(20)22/h6-11,21H,4-5H2,1-3H3. The van der Waals surface area contributed by atoms with E-state index in [-0.39, 0.29) is 16.9 Å². The number of phenolic OH excluding ortho intramolecular Hbond substituents is 1. The van der Waals surface area contributed by atoms with Gasteiger partial charge in [-0.05, 0) is 50.1 Å². The fraction of sp³-hybridized carbons (Fsp3) is 0.250. The monoisotopic (exact) mass is 324 g/mol. The van der Waals surface area contributed by atoms with Crippen molar-refractivity contribution < 1.29 is 14.3 Å². The molecule has 3 rings (SSSR count). The number of hydrogen-bond acceptors (Lipinski definition) is 4. The molecule has 0 spiro atoms. The number of fused-ring (bicyclic) bond motifs is 1. The predicted octanol–water partition coefficient (Wildman–Crippen LogP) is 4.86. The molecular weight excluding hydrogens is 304 g/mol. The summed E-state index contributed by atoms with van der Waals surface area (Å²) in [7, 11) is 0. The largest absolute Gasteiger partial charge is 0.508 e. The Hall–Kier alpha value is -2.75. The van der Waals surface area contributed by atoms with Gasteiger partial charge in [-0.3, -0.25) is 4.79 Å². The predicted molar refractivity (Wildman–Crippen MR) is 94.1 cm³/mol. The van der Waals surface area contributed by atoms with Gasteiger partial charge in [-0.15, -0.1) is 0 Å². The highest BCUT2D eigenvalue weighted by atomic mass is 16.5. The summed E-state index contributed by atoms with van der Waals surface area (Å²) >= 11 is 0. The average molecular weight is 324 g/mol. The Balaban J connectivity index is 2.03. The normalized spacial score (nSPS) is 11.0. The summed E-state index contributed by atoms with van der Waals surface area (Å²) in [5, 5.41) is 10.2. The molecule has 0 bridgehead atoms. The van der Waals surface area contributed by atoms with Crippen molar-refractivity contribution >= 4 is 11.0 Å². The summed E-state index contributed by atoms with van der Waals surface area (Å²) in [5.41, 5.74) is 1.93. The van der Waals surface area contributed by atoms with Crippen LogP contribution in [0.15, 0.2) is 45.6 Å². The quantitative estimate of drug-likeness (QED) is 0.744. The minimum Gasteiger partial charge on any atom is -0.508 e. The second-order valence-corrected chi connectivity index (χ2v) is 5.90. The van der Waals surface area contributed by atoms with Crippen LogP contribution in [0.25, 0.3) is 11.0 Å². The van der Waals surface area contributed by atoms with Crippen LogP contribution in [0.3, 0.4) is 0 Å². The highest BCUT2D eigenvalue weighted by Gasteiger charge is 2.16. The summed E-state index contributed by atoms with van der Waals surface area (Å²) in [6, 6.07) is 10.8. The summed E-state index contributed by atoms with van der Waals surface area (Å²) in [4.78, 5) is 12.7. The first-order valence-corrected chi connectivity index (χ1v) is 8.04. The minimum absolute atomic E-state index is 0.102. The third kappa shape index (κ3) is 2.87. The van der Waals surface area contributed by atoms with Crippen molar-refractivity contribution in [2.75, 3.05) is 0 Å². The second kappa shape index (κ2) is 6.40. The molecule has 24 heavy (non-hydrogen) atoms. The van der Waals surface area contributed by atoms with Gasteiger partial charge in [-0.1, -0.05) is 25.5 Å². The first kappa shape index (κ1) is 16.1. The Bertz CT molecular complexity index is 936. The first-order chi connectivity index (χ1) is 11.5. The summed E-state index contributed by atoms with van der Waals surface area (Å²) in [6.45, 7) is 5.53. The topological polar surface area (TPSA) is 59.7 Å². The number of aromatic hydroxyl groups is 1. The lowest BCUT2D eigenvalue weighted by Gasteiger charge is -2.11. The van der Waals surface area contributed by atoms with E-state index < -0.39 is 0 Å². The Kier molecular flexibility index (Phi) is 4.30. The van der Waals surface area contributed by atoms with Crippen molar-refractivity contribution in [3.8, 4) is 17.2 Å². The molecule has 124 valence electrons. The van der Waals surface area contributed by atoms with Gasteiger partial charge in [-0.2, -0.15) is 0 Å². The maximum atomic E-state index is 12.7. The van der Waals surface area contributed by atoms with Crippen LogP contribution in [0.2, 0.25) is 0 Å². The molecule has 3 aromatic rings. The fourth-order valence-electron chi connectivity index (χ4n) is 2.72. The number of phenols is 1. The van der Waals surface area contributed by atoms with E-state index in [1.54, 1.807) is 19.9 Å². The Morgan fingerprint density at radius 1 is 1.08 bits per heavy atom. The van der Waals surface area contributed by atoms with Gasteiger partial charge in [0, 0.05) is 5.56 Å². The number of hydrogen-bond donors (Lipinski definition) is 1. The maximum absolute atomic E-state index is 12.7. The molecular formula is C20H20O4. The highest BCUT2D eigenvalue weighted by molar-refractivity contribution is 5.83. The molecule has 0 saturated carbocycles. The van der Waals surface area contributed by atoms with Gasteiger partial charge in [0.25, 0.3) is 0 Å². The van der Waals surface area contributed by atoms with Gasteiger partial charge in [-0.25, -0.2) is 0 Å². The highest BCUT2D eigenvalue weighted by Crippen LogP contribution is 2.30. The molecule has 0 radical (unpaired) electrons. The van der Waals surface area contributed by atoms with Gasteiger partial charge < -0.3 is 14.3 Å². The van der Waals surface area contributed by atoms with Crippen molar-refractivity contribution in [2.45, 2.75) is 33.6 Å². The van der Waals surface area contributed by atoms with Gasteiger partial charge in [0.05, 0.1) is 5.39 Å². The van der Waals surface area contributed by atoms with E-state index in [4.69, 9.17) is 9.15 Å². The molecule has 0 saturated heterocycles. The summed E-state index contributed by atoms with van der Waals surface area (Å²) < 4.78 is 11.5. The zero-order valence-electron chi connectivity index (χ0n) is 14.1. The molecule has 0 aliphatic carbocycles. The minimum atomic E-state index is -0.241. The lowest BCUT2D eigenvalue weighted by molar-refractivity contribution is 0.433. The molecule has 0 aliphatic rings. The van der Waals surface area contributed by atoms with Crippen molar-refractivity contribution in [1.29, 1.82) is 0 Å². The molecule has 0 fully saturated rings. The molecule has 1 aromatic heterocycles. The molecule has 4 heteroatoms. The number of benzene rings is 2. The smallest absolute Gasteiger partial charge is 0.235 e. The van der Waals surface area contributed by atoms with Crippen LogP contribution in [0, 0.1) is 13.8 Å². The van der Waals surface area contributed by atoms with Crippen molar-refractivity contribution in [3.63, 3.8) is 0 Å². The van der Waals surface area contributed by atoms with E-state index >= 15 is 0 Å². The molecule has 0 aliphatic heterocycles. The van der Waals surface area contributed by atoms with E-state index in [1.165, 1.54) is 11.6 Å². The lowest BCUT2D eigenvalue weighted by atomic mass is 10.1. The zero-order valence-corrected chi connectivity index (χ0v) is 14.1. The molecule has 0 atom stereocenters. The van der Waals surface area contributed by atoms with Gasteiger partial charge in [0.2, 0.25) is 11.2 Å². The third-order valence-electron chi connectivity index (χ3n) is 4.09. The number of aryl methyl sites for hydroxylation is 3.